The minimum atomic E-state index is 1.07. The Balaban J connectivity index is 1.34. The van der Waals surface area contributed by atoms with Crippen LogP contribution in [0.25, 0.3) is 10.4 Å². The maximum atomic E-state index is 2.57. The van der Waals surface area contributed by atoms with Crippen molar-refractivity contribution in [2.75, 3.05) is 31.1 Å². The summed E-state index contributed by atoms with van der Waals surface area (Å²) in [5, 5.41) is 0. The number of thiophene rings is 1. The van der Waals surface area contributed by atoms with Crippen molar-refractivity contribution in [1.29, 1.82) is 0 Å². The second-order valence-electron chi connectivity index (χ2n) is 6.73. The van der Waals surface area contributed by atoms with Gasteiger partial charge in [-0.1, -0.05) is 48.0 Å². The molecule has 0 aliphatic carbocycles. The van der Waals surface area contributed by atoms with Crippen LogP contribution in [0.1, 0.15) is 10.4 Å². The minimum absolute atomic E-state index is 1.07. The molecule has 0 atom stereocenters. The van der Waals surface area contributed by atoms with Gasteiger partial charge in [-0.3, -0.25) is 4.90 Å². The van der Waals surface area contributed by atoms with Crippen molar-refractivity contribution in [3.8, 4) is 10.4 Å². The van der Waals surface area contributed by atoms with Gasteiger partial charge in [0, 0.05) is 48.2 Å². The number of hydrogen-bond acceptors (Lipinski definition) is 3. The molecule has 1 aliphatic heterocycles. The van der Waals surface area contributed by atoms with Crippen LogP contribution in [0.3, 0.4) is 0 Å². The van der Waals surface area contributed by atoms with Crippen LogP contribution in [-0.4, -0.2) is 31.1 Å². The topological polar surface area (TPSA) is 6.48 Å². The Hall–Kier alpha value is -2.10. The standard InChI is InChI=1S/C22H24N2S/c1-18-7-9-20(10-8-18)24-15-13-23(14-16-24)17-21-11-12-22(25-21)19-5-3-2-4-6-19/h2-12H,13-17H2,1H3. The van der Waals surface area contributed by atoms with Gasteiger partial charge in [0.2, 0.25) is 0 Å². The molecule has 0 radical (unpaired) electrons. The van der Waals surface area contributed by atoms with E-state index in [1.807, 2.05) is 11.3 Å². The average Bonchev–Trinajstić information content (AvgIpc) is 3.12. The molecule has 0 unspecified atom stereocenters. The number of nitrogens with zero attached hydrogens (tertiary/aromatic N) is 2. The summed E-state index contributed by atoms with van der Waals surface area (Å²) in [6.45, 7) is 7.70. The maximum absolute atomic E-state index is 2.57. The fourth-order valence-corrected chi connectivity index (χ4v) is 4.42. The summed E-state index contributed by atoms with van der Waals surface area (Å²) in [5.74, 6) is 0. The molecule has 25 heavy (non-hydrogen) atoms. The lowest BCUT2D eigenvalue weighted by molar-refractivity contribution is 0.252. The lowest BCUT2D eigenvalue weighted by Crippen LogP contribution is -2.45. The highest BCUT2D eigenvalue weighted by molar-refractivity contribution is 7.15. The van der Waals surface area contributed by atoms with E-state index in [1.165, 1.54) is 26.6 Å². The van der Waals surface area contributed by atoms with Gasteiger partial charge in [0.05, 0.1) is 0 Å². The fraction of sp³-hybridized carbons (Fsp3) is 0.273. The molecule has 2 heterocycles. The number of hydrogen-bond donors (Lipinski definition) is 0. The van der Waals surface area contributed by atoms with Gasteiger partial charge in [0.1, 0.15) is 0 Å². The van der Waals surface area contributed by atoms with Gasteiger partial charge in [0.15, 0.2) is 0 Å². The number of rotatable bonds is 4. The first-order chi connectivity index (χ1) is 12.3. The molecule has 1 aromatic heterocycles. The van der Waals surface area contributed by atoms with Crippen LogP contribution >= 0.6 is 11.3 Å². The van der Waals surface area contributed by atoms with E-state index < -0.39 is 0 Å². The number of anilines is 1. The molecule has 3 aromatic rings. The Morgan fingerprint density at radius 3 is 2.24 bits per heavy atom. The highest BCUT2D eigenvalue weighted by atomic mass is 32.1. The van der Waals surface area contributed by atoms with E-state index >= 15 is 0 Å². The van der Waals surface area contributed by atoms with Crippen molar-refractivity contribution in [3.05, 3.63) is 77.2 Å². The third kappa shape index (κ3) is 3.94. The van der Waals surface area contributed by atoms with Gasteiger partial charge in [-0.2, -0.15) is 0 Å². The summed E-state index contributed by atoms with van der Waals surface area (Å²) in [6, 6.07) is 24.1. The van der Waals surface area contributed by atoms with E-state index in [1.54, 1.807) is 0 Å². The smallest absolute Gasteiger partial charge is 0.0367 e. The molecule has 0 N–H and O–H groups in total. The number of benzene rings is 2. The third-order valence-electron chi connectivity index (χ3n) is 4.87. The molecule has 2 aromatic carbocycles. The zero-order valence-electron chi connectivity index (χ0n) is 14.7. The van der Waals surface area contributed by atoms with Crippen LogP contribution in [-0.2, 0) is 6.54 Å². The molecule has 4 rings (SSSR count). The largest absolute Gasteiger partial charge is 0.369 e. The second kappa shape index (κ2) is 7.42. The van der Waals surface area contributed by atoms with Crippen LogP contribution in [0, 0.1) is 6.92 Å². The van der Waals surface area contributed by atoms with Crippen molar-refractivity contribution in [2.24, 2.45) is 0 Å². The second-order valence-corrected chi connectivity index (χ2v) is 7.90. The van der Waals surface area contributed by atoms with Crippen molar-refractivity contribution >= 4 is 17.0 Å². The van der Waals surface area contributed by atoms with Gasteiger partial charge >= 0.3 is 0 Å². The lowest BCUT2D eigenvalue weighted by atomic mass is 10.2. The van der Waals surface area contributed by atoms with Crippen LogP contribution in [0.5, 0.6) is 0 Å². The summed E-state index contributed by atoms with van der Waals surface area (Å²) in [6.07, 6.45) is 0. The lowest BCUT2D eigenvalue weighted by Gasteiger charge is -2.36. The minimum Gasteiger partial charge on any atom is -0.369 e. The van der Waals surface area contributed by atoms with Gasteiger partial charge < -0.3 is 4.90 Å². The van der Waals surface area contributed by atoms with Gasteiger partial charge in [-0.05, 0) is 36.8 Å². The molecule has 0 bridgehead atoms. The van der Waals surface area contributed by atoms with E-state index in [9.17, 15) is 0 Å². The molecule has 0 spiro atoms. The molecule has 0 saturated carbocycles. The Bertz CT molecular complexity index is 800. The van der Waals surface area contributed by atoms with Crippen LogP contribution < -0.4 is 4.90 Å². The fourth-order valence-electron chi connectivity index (χ4n) is 3.36. The SMILES string of the molecule is Cc1ccc(N2CCN(Cc3ccc(-c4ccccc4)s3)CC2)cc1. The van der Waals surface area contributed by atoms with Crippen molar-refractivity contribution in [1.82, 2.24) is 4.90 Å². The highest BCUT2D eigenvalue weighted by Gasteiger charge is 2.18. The van der Waals surface area contributed by atoms with E-state index in [4.69, 9.17) is 0 Å². The molecule has 2 nitrogen and oxygen atoms in total. The van der Waals surface area contributed by atoms with Crippen molar-refractivity contribution in [2.45, 2.75) is 13.5 Å². The predicted octanol–water partition coefficient (Wildman–Crippen LogP) is 5.05. The monoisotopic (exact) mass is 348 g/mol. The third-order valence-corrected chi connectivity index (χ3v) is 5.99. The summed E-state index contributed by atoms with van der Waals surface area (Å²) in [4.78, 5) is 7.90. The first-order valence-corrected chi connectivity index (χ1v) is 9.78. The van der Waals surface area contributed by atoms with Gasteiger partial charge in [-0.25, -0.2) is 0 Å². The Morgan fingerprint density at radius 1 is 0.800 bits per heavy atom. The van der Waals surface area contributed by atoms with Crippen molar-refractivity contribution < 1.29 is 0 Å². The number of aryl methyl sites for hydroxylation is 1. The quantitative estimate of drug-likeness (QED) is 0.651. The van der Waals surface area contributed by atoms with E-state index in [2.05, 4.69) is 83.5 Å². The van der Waals surface area contributed by atoms with Crippen LogP contribution in [0.4, 0.5) is 5.69 Å². The average molecular weight is 349 g/mol. The molecule has 1 aliphatic rings. The normalized spacial score (nSPS) is 15.5. The van der Waals surface area contributed by atoms with Crippen LogP contribution in [0.15, 0.2) is 66.7 Å². The predicted molar refractivity (Wildman–Crippen MR) is 108 cm³/mol. The summed E-state index contributed by atoms with van der Waals surface area (Å²) in [5.41, 5.74) is 4.00. The molecule has 128 valence electrons. The van der Waals surface area contributed by atoms with Gasteiger partial charge in [0.25, 0.3) is 0 Å². The van der Waals surface area contributed by atoms with E-state index in [0.29, 0.717) is 0 Å². The molecule has 3 heteroatoms. The summed E-state index contributed by atoms with van der Waals surface area (Å²) in [7, 11) is 0. The molecule has 1 fully saturated rings. The Morgan fingerprint density at radius 2 is 1.52 bits per heavy atom. The first-order valence-electron chi connectivity index (χ1n) is 8.96. The Kier molecular flexibility index (Phi) is 4.86. The Labute approximate surface area is 154 Å². The van der Waals surface area contributed by atoms with E-state index in [0.717, 1.165) is 32.7 Å². The summed E-state index contributed by atoms with van der Waals surface area (Å²) >= 11 is 1.92. The maximum Gasteiger partial charge on any atom is 0.0367 e. The van der Waals surface area contributed by atoms with Gasteiger partial charge in [-0.15, -0.1) is 11.3 Å². The zero-order chi connectivity index (χ0) is 17.1. The zero-order valence-corrected chi connectivity index (χ0v) is 15.5. The van der Waals surface area contributed by atoms with Crippen LogP contribution in [0.2, 0.25) is 0 Å². The first kappa shape index (κ1) is 16.4. The molecule has 1 saturated heterocycles. The highest BCUT2D eigenvalue weighted by Crippen LogP contribution is 2.29. The van der Waals surface area contributed by atoms with E-state index in [-0.39, 0.29) is 0 Å². The van der Waals surface area contributed by atoms with Crippen molar-refractivity contribution in [3.63, 3.8) is 0 Å². The molecule has 0 amide bonds. The molecular weight excluding hydrogens is 324 g/mol. The number of piperazine rings is 1. The summed E-state index contributed by atoms with van der Waals surface area (Å²) < 4.78 is 0. The molecular formula is C22H24N2S.